The summed E-state index contributed by atoms with van der Waals surface area (Å²) in [4.78, 5) is 23.6. The van der Waals surface area contributed by atoms with Gasteiger partial charge in [-0.15, -0.1) is 0 Å². The maximum Gasteiger partial charge on any atom is 0.460 e. The van der Waals surface area contributed by atoms with Crippen molar-refractivity contribution in [3.63, 3.8) is 0 Å². The molecule has 236 valence electrons. The highest BCUT2D eigenvalue weighted by Crippen LogP contribution is 2.53. The van der Waals surface area contributed by atoms with Gasteiger partial charge in [0.15, 0.2) is 0 Å². The zero-order chi connectivity index (χ0) is 32.6. The Kier molecular flexibility index (Phi) is 10.8. The lowest BCUT2D eigenvalue weighted by Gasteiger charge is -2.27. The zero-order valence-electron chi connectivity index (χ0n) is 18.5. The Balaban J connectivity index is 3.18. The predicted molar refractivity (Wildman–Crippen MR) is 111 cm³/mol. The van der Waals surface area contributed by atoms with Crippen molar-refractivity contribution in [1.29, 1.82) is 0 Å². The van der Waals surface area contributed by atoms with Crippen LogP contribution in [0, 0.1) is 0 Å². The minimum atomic E-state index is -6.78. The van der Waals surface area contributed by atoms with Gasteiger partial charge in [-0.25, -0.2) is 0 Å². The molecule has 1 aromatic carbocycles. The van der Waals surface area contributed by atoms with Crippen LogP contribution in [0.25, 0.3) is 0 Å². The van der Waals surface area contributed by atoms with Crippen LogP contribution in [0.3, 0.4) is 0 Å². The zero-order valence-corrected chi connectivity index (χ0v) is 20.9. The molecule has 1 rings (SSSR count). The Morgan fingerprint density at radius 1 is 0.610 bits per heavy atom. The highest BCUT2D eigenvalue weighted by Gasteiger charge is 2.74. The average Bonchev–Trinajstić information content (AvgIpc) is 2.76. The number of carbonyl (C=O) groups excluding carboxylic acids is 2. The van der Waals surface area contributed by atoms with Gasteiger partial charge < -0.3 is 10.6 Å². The number of nitrogens with one attached hydrogen (secondary N) is 2. The topological polar surface area (TPSA) is 58.2 Å². The molecule has 24 heteroatoms. The lowest BCUT2D eigenvalue weighted by Crippen LogP contribution is -2.50. The Bertz CT molecular complexity index is 1060. The number of hydrogen-bond acceptors (Lipinski definition) is 4. The number of rotatable bonds is 10. The van der Waals surface area contributed by atoms with E-state index in [4.69, 9.17) is 11.6 Å². The Morgan fingerprint density at radius 2 is 0.902 bits per heavy atom. The first-order chi connectivity index (χ1) is 18.0. The van der Waals surface area contributed by atoms with Gasteiger partial charge in [-0.1, -0.05) is 35.1 Å². The number of anilines is 2. The molecule has 0 atom stereocenters. The van der Waals surface area contributed by atoms with Crippen LogP contribution in [-0.2, 0) is 15.8 Å². The van der Waals surface area contributed by atoms with E-state index in [2.05, 4.69) is 0 Å². The van der Waals surface area contributed by atoms with Crippen LogP contribution in [0.2, 0.25) is 5.02 Å². The van der Waals surface area contributed by atoms with Crippen LogP contribution in [0.15, 0.2) is 12.1 Å². The average molecular weight is 695 g/mol. The van der Waals surface area contributed by atoms with Crippen molar-refractivity contribution in [2.24, 2.45) is 0 Å². The molecule has 0 spiro atoms. The van der Waals surface area contributed by atoms with Crippen LogP contribution in [-0.4, -0.2) is 58.0 Å². The van der Waals surface area contributed by atoms with E-state index in [1.54, 1.807) is 0 Å². The van der Waals surface area contributed by atoms with Crippen molar-refractivity contribution in [2.45, 2.75) is 40.9 Å². The molecule has 41 heavy (non-hydrogen) atoms. The highest BCUT2D eigenvalue weighted by atomic mass is 35.5. The normalized spacial score (nSPS) is 14.2. The van der Waals surface area contributed by atoms with E-state index in [0.717, 1.165) is 0 Å². The summed E-state index contributed by atoms with van der Waals surface area (Å²) < 4.78 is 217. The molecule has 4 nitrogen and oxygen atoms in total. The number of benzene rings is 1. The van der Waals surface area contributed by atoms with Gasteiger partial charge >= 0.3 is 40.9 Å². The predicted octanol–water partition coefficient (Wildman–Crippen LogP) is 8.28. The molecule has 1 aromatic rings. The van der Waals surface area contributed by atoms with Crippen molar-refractivity contribution >= 4 is 58.3 Å². The number of alkyl halides is 17. The summed E-state index contributed by atoms with van der Waals surface area (Å²) in [5.41, 5.74) is -4.39. The molecule has 0 fully saturated rings. The van der Waals surface area contributed by atoms with E-state index in [-0.39, 0.29) is 12.1 Å². The fourth-order valence-electron chi connectivity index (χ4n) is 2.17. The van der Waals surface area contributed by atoms with Gasteiger partial charge in [0.05, 0.1) is 33.5 Å². The van der Waals surface area contributed by atoms with Gasteiger partial charge in [0.2, 0.25) is 11.8 Å². The van der Waals surface area contributed by atoms with Crippen LogP contribution >= 0.6 is 35.1 Å². The standard InChI is InChI=1S/C17H8ClF17N2O2S2/c18-10-6(36-8(38)3-40-16(32,33)12(22,23)14(26,27)28)1-5(11(19,20)21)2-7(10)37-9(39)4-41-17(34,35)13(24,25)15(29,30)31/h1-2H,3-4H2,(H,36,38)(H,37,39). The van der Waals surface area contributed by atoms with Crippen molar-refractivity contribution < 1.29 is 84.2 Å². The second-order valence-electron chi connectivity index (χ2n) is 7.23. The van der Waals surface area contributed by atoms with E-state index in [1.165, 1.54) is 10.6 Å². The summed E-state index contributed by atoms with van der Waals surface area (Å²) in [5.74, 6) is -21.1. The molecule has 0 aliphatic heterocycles. The Hall–Kier alpha value is -2.04. The largest absolute Gasteiger partial charge is 0.460 e. The Morgan fingerprint density at radius 3 is 1.15 bits per heavy atom. The fourth-order valence-corrected chi connectivity index (χ4v) is 3.73. The lowest BCUT2D eigenvalue weighted by molar-refractivity contribution is -0.330. The van der Waals surface area contributed by atoms with Gasteiger partial charge in [-0.3, -0.25) is 9.59 Å². The van der Waals surface area contributed by atoms with Gasteiger partial charge in [0.1, 0.15) is 0 Å². The molecule has 0 aliphatic rings. The number of halogens is 18. The summed E-state index contributed by atoms with van der Waals surface area (Å²) in [7, 11) is 0. The molecule has 0 aromatic heterocycles. The van der Waals surface area contributed by atoms with Crippen LogP contribution in [0.1, 0.15) is 5.56 Å². The highest BCUT2D eigenvalue weighted by molar-refractivity contribution is 8.01. The second-order valence-corrected chi connectivity index (χ2v) is 9.79. The number of hydrogen-bond donors (Lipinski definition) is 2. The number of amides is 2. The third kappa shape index (κ3) is 8.51. The molecular weight excluding hydrogens is 687 g/mol. The second kappa shape index (κ2) is 11.9. The van der Waals surface area contributed by atoms with Crippen LogP contribution < -0.4 is 10.6 Å². The summed E-state index contributed by atoms with van der Waals surface area (Å²) >= 11 is 2.45. The van der Waals surface area contributed by atoms with E-state index in [1.807, 2.05) is 0 Å². The quantitative estimate of drug-likeness (QED) is 0.242. The first kappa shape index (κ1) is 37.0. The lowest BCUT2D eigenvalue weighted by atomic mass is 10.1. The van der Waals surface area contributed by atoms with Crippen LogP contribution in [0.4, 0.5) is 86.0 Å². The van der Waals surface area contributed by atoms with Gasteiger partial charge in [0.25, 0.3) is 0 Å². The van der Waals surface area contributed by atoms with Crippen molar-refractivity contribution in [1.82, 2.24) is 0 Å². The van der Waals surface area contributed by atoms with E-state index in [9.17, 15) is 84.2 Å². The number of carbonyl (C=O) groups is 2. The summed E-state index contributed by atoms with van der Waals surface area (Å²) in [6, 6.07) is -0.119. The van der Waals surface area contributed by atoms with Crippen LogP contribution in [0.5, 0.6) is 0 Å². The van der Waals surface area contributed by atoms with Gasteiger partial charge in [-0.2, -0.15) is 74.6 Å². The molecule has 0 aliphatic carbocycles. The summed E-state index contributed by atoms with van der Waals surface area (Å²) in [6.45, 7) is 0. The van der Waals surface area contributed by atoms with Crippen molar-refractivity contribution in [3.05, 3.63) is 22.7 Å². The number of thioether (sulfide) groups is 2. The Labute approximate surface area is 228 Å². The monoisotopic (exact) mass is 694 g/mol. The smallest absolute Gasteiger partial charge is 0.324 e. The van der Waals surface area contributed by atoms with Crippen molar-refractivity contribution in [3.8, 4) is 0 Å². The molecule has 0 radical (unpaired) electrons. The van der Waals surface area contributed by atoms with Gasteiger partial charge in [0, 0.05) is 0 Å². The summed E-state index contributed by atoms with van der Waals surface area (Å²) in [5, 5.41) is -10.4. The minimum absolute atomic E-state index is 0.0597. The van der Waals surface area contributed by atoms with Gasteiger partial charge in [-0.05, 0) is 12.1 Å². The van der Waals surface area contributed by atoms with E-state index in [0.29, 0.717) is 0 Å². The fraction of sp³-hybridized carbons (Fsp3) is 0.529. The third-order valence-electron chi connectivity index (χ3n) is 4.16. The maximum absolute atomic E-state index is 13.3. The molecule has 0 saturated heterocycles. The molecule has 2 amide bonds. The van der Waals surface area contributed by atoms with Crippen molar-refractivity contribution in [2.75, 3.05) is 22.1 Å². The molecule has 0 saturated carbocycles. The third-order valence-corrected chi connectivity index (χ3v) is 6.62. The molecule has 0 unspecified atom stereocenters. The van der Waals surface area contributed by atoms with E-state index >= 15 is 0 Å². The van der Waals surface area contributed by atoms with E-state index < -0.39 is 110 Å². The molecule has 0 heterocycles. The summed E-state index contributed by atoms with van der Waals surface area (Å²) in [6.07, 6.45) is -18.9. The molecular formula is C17H8ClF17N2O2S2. The first-order valence-electron chi connectivity index (χ1n) is 9.41. The molecule has 2 N–H and O–H groups in total. The SMILES string of the molecule is O=C(CSC(F)(F)C(F)(F)C(F)(F)F)Nc1cc(C(F)(F)F)cc(NC(=O)CSC(F)(F)C(F)(F)C(F)(F)F)c1Cl. The molecule has 0 bridgehead atoms. The minimum Gasteiger partial charge on any atom is -0.324 e. The maximum atomic E-state index is 13.3. The first-order valence-corrected chi connectivity index (χ1v) is 11.8.